The fraction of sp³-hybridized carbons (Fsp3) is 0.500. The van der Waals surface area contributed by atoms with Gasteiger partial charge < -0.3 is 9.73 Å². The Hall–Kier alpha value is -1.40. The van der Waals surface area contributed by atoms with Crippen molar-refractivity contribution in [3.8, 4) is 0 Å². The predicted octanol–water partition coefficient (Wildman–Crippen LogP) is 1.35. The van der Waals surface area contributed by atoms with E-state index in [1.807, 2.05) is 13.0 Å². The first-order chi connectivity index (χ1) is 8.20. The standard InChI is InChI=1S/C10H14ClN5O/c1-3-12-8(7-4-5-17-10(7)11)6-9-13-15-16(2)14-9/h4-5,8,12H,3,6H2,1-2H3. The predicted molar refractivity (Wildman–Crippen MR) is 62.6 cm³/mol. The molecule has 0 aliphatic heterocycles. The number of nitrogens with zero attached hydrogens (tertiary/aromatic N) is 4. The van der Waals surface area contributed by atoms with E-state index in [9.17, 15) is 0 Å². The molecule has 0 fully saturated rings. The SMILES string of the molecule is CCNC(Cc1nnn(C)n1)c1ccoc1Cl. The molecular weight excluding hydrogens is 242 g/mol. The van der Waals surface area contributed by atoms with E-state index in [0.717, 1.165) is 12.1 Å². The van der Waals surface area contributed by atoms with E-state index < -0.39 is 0 Å². The molecule has 6 nitrogen and oxygen atoms in total. The van der Waals surface area contributed by atoms with Gasteiger partial charge >= 0.3 is 0 Å². The summed E-state index contributed by atoms with van der Waals surface area (Å²) in [5, 5.41) is 15.6. The number of tetrazole rings is 1. The van der Waals surface area contributed by atoms with Crippen molar-refractivity contribution >= 4 is 11.6 Å². The van der Waals surface area contributed by atoms with Crippen LogP contribution in [-0.4, -0.2) is 26.8 Å². The Kier molecular flexibility index (Phi) is 3.75. The number of nitrogens with one attached hydrogen (secondary N) is 1. The minimum absolute atomic E-state index is 0.0375. The molecule has 1 N–H and O–H groups in total. The molecule has 2 aromatic heterocycles. The molecule has 0 saturated heterocycles. The van der Waals surface area contributed by atoms with Gasteiger partial charge in [0.1, 0.15) is 0 Å². The number of hydrogen-bond donors (Lipinski definition) is 1. The van der Waals surface area contributed by atoms with Crippen molar-refractivity contribution in [2.24, 2.45) is 7.05 Å². The van der Waals surface area contributed by atoms with Crippen LogP contribution >= 0.6 is 11.6 Å². The molecule has 0 radical (unpaired) electrons. The average Bonchev–Trinajstić information content (AvgIpc) is 2.87. The van der Waals surface area contributed by atoms with Gasteiger partial charge in [0.15, 0.2) is 11.0 Å². The van der Waals surface area contributed by atoms with Crippen LogP contribution in [0.25, 0.3) is 0 Å². The van der Waals surface area contributed by atoms with Gasteiger partial charge in [-0.2, -0.15) is 4.80 Å². The van der Waals surface area contributed by atoms with Gasteiger partial charge in [0, 0.05) is 18.0 Å². The first kappa shape index (κ1) is 12.1. The first-order valence-corrected chi connectivity index (χ1v) is 5.77. The number of halogens is 1. The topological polar surface area (TPSA) is 68.8 Å². The molecular formula is C10H14ClN5O. The Labute approximate surface area is 104 Å². The monoisotopic (exact) mass is 255 g/mol. The van der Waals surface area contributed by atoms with E-state index in [0.29, 0.717) is 17.5 Å². The summed E-state index contributed by atoms with van der Waals surface area (Å²) in [4.78, 5) is 1.44. The van der Waals surface area contributed by atoms with Crippen molar-refractivity contribution in [1.29, 1.82) is 0 Å². The summed E-state index contributed by atoms with van der Waals surface area (Å²) in [6.07, 6.45) is 2.20. The third-order valence-corrected chi connectivity index (χ3v) is 2.72. The van der Waals surface area contributed by atoms with Crippen LogP contribution in [0.4, 0.5) is 0 Å². The number of rotatable bonds is 5. The van der Waals surface area contributed by atoms with E-state index >= 15 is 0 Å². The molecule has 7 heteroatoms. The van der Waals surface area contributed by atoms with Crippen molar-refractivity contribution in [2.45, 2.75) is 19.4 Å². The highest BCUT2D eigenvalue weighted by Crippen LogP contribution is 2.25. The summed E-state index contributed by atoms with van der Waals surface area (Å²) in [5.74, 6) is 0.677. The highest BCUT2D eigenvalue weighted by Gasteiger charge is 2.18. The van der Waals surface area contributed by atoms with Crippen LogP contribution in [0.2, 0.25) is 5.22 Å². The lowest BCUT2D eigenvalue weighted by Gasteiger charge is -2.14. The highest BCUT2D eigenvalue weighted by atomic mass is 35.5. The van der Waals surface area contributed by atoms with Gasteiger partial charge in [0.2, 0.25) is 0 Å². The minimum atomic E-state index is 0.0375. The maximum atomic E-state index is 5.97. The lowest BCUT2D eigenvalue weighted by Crippen LogP contribution is -2.23. The van der Waals surface area contributed by atoms with Crippen molar-refractivity contribution in [2.75, 3.05) is 6.54 Å². The van der Waals surface area contributed by atoms with Gasteiger partial charge in [-0.15, -0.1) is 10.2 Å². The molecule has 2 aromatic rings. The van der Waals surface area contributed by atoms with Gasteiger partial charge in [0.25, 0.3) is 0 Å². The second kappa shape index (κ2) is 5.29. The van der Waals surface area contributed by atoms with Crippen LogP contribution in [0.1, 0.15) is 24.4 Å². The Morgan fingerprint density at radius 1 is 1.59 bits per heavy atom. The Morgan fingerprint density at radius 3 is 2.94 bits per heavy atom. The molecule has 2 rings (SSSR count). The maximum absolute atomic E-state index is 5.97. The fourth-order valence-electron chi connectivity index (χ4n) is 1.68. The lowest BCUT2D eigenvalue weighted by molar-refractivity contribution is 0.517. The van der Waals surface area contributed by atoms with Crippen LogP contribution in [0.3, 0.4) is 0 Å². The number of furan rings is 1. The van der Waals surface area contributed by atoms with Crippen molar-refractivity contribution < 1.29 is 4.42 Å². The van der Waals surface area contributed by atoms with Crippen LogP contribution in [-0.2, 0) is 13.5 Å². The number of aromatic nitrogens is 4. The zero-order valence-corrected chi connectivity index (χ0v) is 10.5. The molecule has 0 bridgehead atoms. The first-order valence-electron chi connectivity index (χ1n) is 5.40. The van der Waals surface area contributed by atoms with E-state index in [4.69, 9.17) is 16.0 Å². The Bertz CT molecular complexity index is 481. The largest absolute Gasteiger partial charge is 0.453 e. The van der Waals surface area contributed by atoms with E-state index in [2.05, 4.69) is 20.7 Å². The van der Waals surface area contributed by atoms with E-state index in [1.54, 1.807) is 13.3 Å². The molecule has 0 spiro atoms. The van der Waals surface area contributed by atoms with Crippen molar-refractivity contribution in [3.05, 3.63) is 28.9 Å². The quantitative estimate of drug-likeness (QED) is 0.873. The summed E-state index contributed by atoms with van der Waals surface area (Å²) in [6.45, 7) is 2.86. The van der Waals surface area contributed by atoms with Gasteiger partial charge in [-0.3, -0.25) is 0 Å². The molecule has 1 unspecified atom stereocenters. The third-order valence-electron chi connectivity index (χ3n) is 2.41. The fourth-order valence-corrected chi connectivity index (χ4v) is 1.93. The molecule has 17 heavy (non-hydrogen) atoms. The van der Waals surface area contributed by atoms with Crippen molar-refractivity contribution in [3.63, 3.8) is 0 Å². The summed E-state index contributed by atoms with van der Waals surface area (Å²) in [5.41, 5.74) is 0.918. The van der Waals surface area contributed by atoms with Gasteiger partial charge in [-0.05, 0) is 29.4 Å². The zero-order valence-electron chi connectivity index (χ0n) is 9.72. The smallest absolute Gasteiger partial charge is 0.197 e. The number of aryl methyl sites for hydroxylation is 1. The second-order valence-electron chi connectivity index (χ2n) is 3.66. The summed E-state index contributed by atoms with van der Waals surface area (Å²) in [6, 6.07) is 1.89. The van der Waals surface area contributed by atoms with Gasteiger partial charge in [0.05, 0.1) is 13.3 Å². The zero-order chi connectivity index (χ0) is 12.3. The van der Waals surface area contributed by atoms with E-state index in [1.165, 1.54) is 4.80 Å². The van der Waals surface area contributed by atoms with Gasteiger partial charge in [-0.25, -0.2) is 0 Å². The molecule has 0 saturated carbocycles. The highest BCUT2D eigenvalue weighted by molar-refractivity contribution is 6.29. The van der Waals surface area contributed by atoms with Gasteiger partial charge in [-0.1, -0.05) is 6.92 Å². The molecule has 92 valence electrons. The minimum Gasteiger partial charge on any atom is -0.453 e. The Morgan fingerprint density at radius 2 is 2.41 bits per heavy atom. The Balaban J connectivity index is 2.15. The molecule has 1 atom stereocenters. The number of hydrogen-bond acceptors (Lipinski definition) is 5. The van der Waals surface area contributed by atoms with Crippen molar-refractivity contribution in [1.82, 2.24) is 25.5 Å². The van der Waals surface area contributed by atoms with Crippen LogP contribution in [0.15, 0.2) is 16.7 Å². The normalized spacial score (nSPS) is 12.9. The lowest BCUT2D eigenvalue weighted by atomic mass is 10.1. The second-order valence-corrected chi connectivity index (χ2v) is 4.00. The van der Waals surface area contributed by atoms with Crippen LogP contribution < -0.4 is 5.32 Å². The molecule has 0 aliphatic carbocycles. The number of likely N-dealkylation sites (N-methyl/N-ethyl adjacent to an activating group) is 1. The van der Waals surface area contributed by atoms with Crippen LogP contribution in [0.5, 0.6) is 0 Å². The summed E-state index contributed by atoms with van der Waals surface area (Å²) >= 11 is 5.97. The summed E-state index contributed by atoms with van der Waals surface area (Å²) in [7, 11) is 1.74. The third kappa shape index (κ3) is 2.83. The molecule has 0 amide bonds. The van der Waals surface area contributed by atoms with Crippen LogP contribution in [0, 0.1) is 0 Å². The summed E-state index contributed by atoms with van der Waals surface area (Å²) < 4.78 is 5.10. The van der Waals surface area contributed by atoms with E-state index in [-0.39, 0.29) is 6.04 Å². The molecule has 0 aliphatic rings. The average molecular weight is 256 g/mol. The maximum Gasteiger partial charge on any atom is 0.197 e. The molecule has 2 heterocycles. The molecule has 0 aromatic carbocycles.